The molecule has 5 nitrogen and oxygen atoms in total. The first kappa shape index (κ1) is 17.0. The second-order valence-corrected chi connectivity index (χ2v) is 8.38. The standard InChI is InChI=1S/C20H21N3O2S/c1-22-14-7-3-6-12-19(22)18-15-23(20-17(18)11-8-13-21-20)26(24,25)16-9-4-2-5-10-16/h2-6,8-11,13,15,19H,7,12,14H2,1H3. The smallest absolute Gasteiger partial charge is 0.269 e. The van der Waals surface area contributed by atoms with Crippen LogP contribution in [0.1, 0.15) is 24.4 Å². The Kier molecular flexibility index (Phi) is 4.38. The molecule has 0 fully saturated rings. The summed E-state index contributed by atoms with van der Waals surface area (Å²) < 4.78 is 27.7. The predicted molar refractivity (Wildman–Crippen MR) is 103 cm³/mol. The fourth-order valence-corrected chi connectivity index (χ4v) is 4.88. The number of nitrogens with zero attached hydrogens (tertiary/aromatic N) is 3. The summed E-state index contributed by atoms with van der Waals surface area (Å²) in [6.07, 6.45) is 9.62. The number of rotatable bonds is 3. The van der Waals surface area contributed by atoms with Crippen molar-refractivity contribution in [3.8, 4) is 0 Å². The first-order valence-corrected chi connectivity index (χ1v) is 10.1. The third-order valence-electron chi connectivity index (χ3n) is 4.93. The van der Waals surface area contributed by atoms with Crippen LogP contribution < -0.4 is 0 Å². The molecule has 3 heterocycles. The first-order chi connectivity index (χ1) is 12.6. The third-order valence-corrected chi connectivity index (χ3v) is 6.59. The van der Waals surface area contributed by atoms with Crippen LogP contribution in [-0.4, -0.2) is 35.9 Å². The summed E-state index contributed by atoms with van der Waals surface area (Å²) in [6, 6.07) is 12.5. The SMILES string of the molecule is CN1CCC=CCC1c1cn(S(=O)(=O)c2ccccc2)c2ncccc12. The van der Waals surface area contributed by atoms with Gasteiger partial charge < -0.3 is 0 Å². The van der Waals surface area contributed by atoms with Gasteiger partial charge in [-0.3, -0.25) is 4.90 Å². The molecule has 0 aliphatic carbocycles. The summed E-state index contributed by atoms with van der Waals surface area (Å²) in [4.78, 5) is 6.93. The van der Waals surface area contributed by atoms with Crippen LogP contribution in [0.4, 0.5) is 0 Å². The molecule has 4 rings (SSSR count). The fourth-order valence-electron chi connectivity index (χ4n) is 3.53. The van der Waals surface area contributed by atoms with E-state index < -0.39 is 10.0 Å². The van der Waals surface area contributed by atoms with Crippen molar-refractivity contribution < 1.29 is 8.42 Å². The molecule has 26 heavy (non-hydrogen) atoms. The molecule has 1 aliphatic heterocycles. The highest BCUT2D eigenvalue weighted by atomic mass is 32.2. The van der Waals surface area contributed by atoms with E-state index in [1.54, 1.807) is 36.7 Å². The van der Waals surface area contributed by atoms with E-state index in [9.17, 15) is 8.42 Å². The van der Waals surface area contributed by atoms with Gasteiger partial charge >= 0.3 is 0 Å². The monoisotopic (exact) mass is 367 g/mol. The van der Waals surface area contributed by atoms with Crippen LogP contribution in [0.15, 0.2) is 71.9 Å². The zero-order valence-electron chi connectivity index (χ0n) is 14.6. The van der Waals surface area contributed by atoms with Gasteiger partial charge in [0.05, 0.1) is 4.90 Å². The van der Waals surface area contributed by atoms with E-state index in [1.807, 2.05) is 18.2 Å². The van der Waals surface area contributed by atoms with Crippen molar-refractivity contribution in [3.05, 3.63) is 72.6 Å². The average Bonchev–Trinajstić information content (AvgIpc) is 2.93. The van der Waals surface area contributed by atoms with E-state index in [0.717, 1.165) is 30.3 Å². The lowest BCUT2D eigenvalue weighted by molar-refractivity contribution is 0.258. The van der Waals surface area contributed by atoms with E-state index in [2.05, 4.69) is 29.1 Å². The summed E-state index contributed by atoms with van der Waals surface area (Å²) in [7, 11) is -1.61. The molecule has 0 N–H and O–H groups in total. The molecule has 1 atom stereocenters. The summed E-state index contributed by atoms with van der Waals surface area (Å²) in [6.45, 7) is 0.944. The van der Waals surface area contributed by atoms with Crippen molar-refractivity contribution in [1.82, 2.24) is 13.9 Å². The Morgan fingerprint density at radius 3 is 2.69 bits per heavy atom. The van der Waals surface area contributed by atoms with Crippen LogP contribution in [-0.2, 0) is 10.0 Å². The van der Waals surface area contributed by atoms with Gasteiger partial charge in [0.15, 0.2) is 5.65 Å². The Morgan fingerprint density at radius 1 is 1.08 bits per heavy atom. The van der Waals surface area contributed by atoms with E-state index in [0.29, 0.717) is 5.65 Å². The molecule has 0 amide bonds. The molecule has 134 valence electrons. The van der Waals surface area contributed by atoms with Gasteiger partial charge in [0.2, 0.25) is 0 Å². The molecule has 1 unspecified atom stereocenters. The largest absolute Gasteiger partial charge is 0.299 e. The van der Waals surface area contributed by atoms with Crippen molar-refractivity contribution in [2.75, 3.05) is 13.6 Å². The molecule has 0 saturated carbocycles. The third kappa shape index (κ3) is 2.85. The Morgan fingerprint density at radius 2 is 1.88 bits per heavy atom. The van der Waals surface area contributed by atoms with Gasteiger partial charge in [-0.1, -0.05) is 30.4 Å². The summed E-state index contributed by atoms with van der Waals surface area (Å²) in [5.74, 6) is 0. The molecule has 3 aromatic rings. The van der Waals surface area contributed by atoms with Crippen molar-refractivity contribution in [1.29, 1.82) is 0 Å². The lowest BCUT2D eigenvalue weighted by Crippen LogP contribution is -2.24. The summed E-state index contributed by atoms with van der Waals surface area (Å²) >= 11 is 0. The van der Waals surface area contributed by atoms with E-state index in [4.69, 9.17) is 0 Å². The Labute approximate surface area is 153 Å². The van der Waals surface area contributed by atoms with Crippen molar-refractivity contribution >= 4 is 21.1 Å². The maximum absolute atomic E-state index is 13.2. The zero-order valence-corrected chi connectivity index (χ0v) is 15.4. The molecular formula is C20H21N3O2S. The van der Waals surface area contributed by atoms with Crippen LogP contribution in [0.3, 0.4) is 0 Å². The van der Waals surface area contributed by atoms with Gasteiger partial charge in [-0.25, -0.2) is 17.4 Å². The second kappa shape index (κ2) is 6.70. The van der Waals surface area contributed by atoms with Crippen LogP contribution >= 0.6 is 0 Å². The number of pyridine rings is 1. The lowest BCUT2D eigenvalue weighted by Gasteiger charge is -2.25. The van der Waals surface area contributed by atoms with Crippen LogP contribution in [0.2, 0.25) is 0 Å². The highest BCUT2D eigenvalue weighted by molar-refractivity contribution is 7.90. The van der Waals surface area contributed by atoms with Crippen molar-refractivity contribution in [2.45, 2.75) is 23.8 Å². The molecule has 0 radical (unpaired) electrons. The number of benzene rings is 1. The highest BCUT2D eigenvalue weighted by Gasteiger charge is 2.26. The quantitative estimate of drug-likeness (QED) is 0.664. The Bertz CT molecular complexity index is 1060. The molecule has 6 heteroatoms. The zero-order chi connectivity index (χ0) is 18.1. The lowest BCUT2D eigenvalue weighted by atomic mass is 10.0. The minimum absolute atomic E-state index is 0.132. The molecule has 0 spiro atoms. The molecule has 0 bridgehead atoms. The van der Waals surface area contributed by atoms with E-state index in [1.165, 1.54) is 3.97 Å². The van der Waals surface area contributed by atoms with Gasteiger partial charge in [-0.2, -0.15) is 0 Å². The number of aromatic nitrogens is 2. The highest BCUT2D eigenvalue weighted by Crippen LogP contribution is 2.34. The molecule has 1 aliphatic rings. The first-order valence-electron chi connectivity index (χ1n) is 8.71. The van der Waals surface area contributed by atoms with Gasteiger partial charge in [0.25, 0.3) is 10.0 Å². The molecule has 2 aromatic heterocycles. The van der Waals surface area contributed by atoms with Gasteiger partial charge in [0, 0.05) is 30.4 Å². The number of fused-ring (bicyclic) bond motifs is 1. The Hall–Kier alpha value is -2.44. The van der Waals surface area contributed by atoms with Gasteiger partial charge in [-0.05, 0) is 49.7 Å². The minimum atomic E-state index is -3.69. The predicted octanol–water partition coefficient (Wildman–Crippen LogP) is 3.60. The van der Waals surface area contributed by atoms with Crippen LogP contribution in [0.25, 0.3) is 11.0 Å². The normalized spacial score (nSPS) is 18.9. The van der Waals surface area contributed by atoms with Crippen LogP contribution in [0.5, 0.6) is 0 Å². The van der Waals surface area contributed by atoms with Crippen LogP contribution in [0, 0.1) is 0 Å². The van der Waals surface area contributed by atoms with Crippen molar-refractivity contribution in [2.24, 2.45) is 0 Å². The maximum atomic E-state index is 13.2. The molecular weight excluding hydrogens is 346 g/mol. The van der Waals surface area contributed by atoms with E-state index in [-0.39, 0.29) is 10.9 Å². The second-order valence-electron chi connectivity index (χ2n) is 6.57. The van der Waals surface area contributed by atoms with E-state index >= 15 is 0 Å². The van der Waals surface area contributed by atoms with Crippen molar-refractivity contribution in [3.63, 3.8) is 0 Å². The van der Waals surface area contributed by atoms with Gasteiger partial charge in [-0.15, -0.1) is 0 Å². The Balaban J connectivity index is 1.91. The molecule has 1 aromatic carbocycles. The minimum Gasteiger partial charge on any atom is -0.299 e. The number of hydrogen-bond donors (Lipinski definition) is 0. The number of hydrogen-bond acceptors (Lipinski definition) is 4. The van der Waals surface area contributed by atoms with Gasteiger partial charge in [0.1, 0.15) is 0 Å². The topological polar surface area (TPSA) is 55.2 Å². The summed E-state index contributed by atoms with van der Waals surface area (Å²) in [5.41, 5.74) is 1.48. The fraction of sp³-hybridized carbons (Fsp3) is 0.250. The molecule has 0 saturated heterocycles. The maximum Gasteiger partial charge on any atom is 0.269 e. The average molecular weight is 367 g/mol. The summed E-state index contributed by atoms with van der Waals surface area (Å²) in [5, 5.41) is 0.888.